The molecule has 0 amide bonds. The average molecular weight is 309 g/mol. The molecular weight excluding hydrogens is 297 g/mol. The summed E-state index contributed by atoms with van der Waals surface area (Å²) in [6.45, 7) is 0.112. The number of anilines is 1. The number of rotatable bonds is 4. The Morgan fingerprint density at radius 2 is 1.86 bits per heavy atom. The van der Waals surface area contributed by atoms with Crippen molar-refractivity contribution in [3.63, 3.8) is 0 Å². The zero-order valence-electron chi connectivity index (χ0n) is 10.9. The third-order valence-electron chi connectivity index (χ3n) is 2.95. The topological polar surface area (TPSA) is 64.6 Å². The first-order chi connectivity index (χ1) is 10.0. The van der Waals surface area contributed by atoms with Gasteiger partial charge in [-0.05, 0) is 18.2 Å². The van der Waals surface area contributed by atoms with Gasteiger partial charge >= 0.3 is 0 Å². The van der Waals surface area contributed by atoms with E-state index in [9.17, 15) is 12.8 Å². The highest BCUT2D eigenvalue weighted by atomic mass is 32.2. The van der Waals surface area contributed by atoms with Gasteiger partial charge in [0.05, 0.1) is 11.4 Å². The summed E-state index contributed by atoms with van der Waals surface area (Å²) in [7, 11) is -3.71. The van der Waals surface area contributed by atoms with Gasteiger partial charge in [0.1, 0.15) is 5.82 Å². The molecule has 0 aromatic heterocycles. The minimum Gasteiger partial charge on any atom is -0.454 e. The van der Waals surface area contributed by atoms with Crippen molar-refractivity contribution in [1.82, 2.24) is 0 Å². The molecule has 1 aliphatic heterocycles. The molecule has 110 valence electrons. The van der Waals surface area contributed by atoms with Crippen molar-refractivity contribution >= 4 is 15.7 Å². The quantitative estimate of drug-likeness (QED) is 0.942. The summed E-state index contributed by atoms with van der Waals surface area (Å²) in [4.78, 5) is 0. The fourth-order valence-corrected chi connectivity index (χ4v) is 3.20. The molecule has 0 bridgehead atoms. The minimum absolute atomic E-state index is 0.112. The molecule has 0 atom stereocenters. The lowest BCUT2D eigenvalue weighted by atomic mass is 10.2. The second kappa shape index (κ2) is 5.25. The molecular formula is C14H12FNO4S. The van der Waals surface area contributed by atoms with Crippen molar-refractivity contribution in [2.45, 2.75) is 5.75 Å². The minimum atomic E-state index is -3.71. The van der Waals surface area contributed by atoms with E-state index in [4.69, 9.17) is 9.47 Å². The summed E-state index contributed by atoms with van der Waals surface area (Å²) in [5.74, 6) is 0.0513. The molecule has 7 heteroatoms. The van der Waals surface area contributed by atoms with Gasteiger partial charge < -0.3 is 9.47 Å². The summed E-state index contributed by atoms with van der Waals surface area (Å²) in [5.41, 5.74) is 0.460. The number of hydrogen-bond donors (Lipinski definition) is 1. The second-order valence-corrected chi connectivity index (χ2v) is 6.24. The number of fused-ring (bicyclic) bond motifs is 1. The number of halogens is 1. The Labute approximate surface area is 121 Å². The van der Waals surface area contributed by atoms with Crippen molar-refractivity contribution in [3.05, 3.63) is 53.8 Å². The summed E-state index contributed by atoms with van der Waals surface area (Å²) < 4.78 is 50.4. The number of sulfonamides is 1. The van der Waals surface area contributed by atoms with E-state index in [2.05, 4.69) is 4.72 Å². The molecule has 0 spiro atoms. The lowest BCUT2D eigenvalue weighted by molar-refractivity contribution is 0.174. The van der Waals surface area contributed by atoms with Gasteiger partial charge in [-0.15, -0.1) is 0 Å². The molecule has 1 heterocycles. The van der Waals surface area contributed by atoms with Crippen LogP contribution in [-0.2, 0) is 15.8 Å². The molecule has 0 aliphatic carbocycles. The highest BCUT2D eigenvalue weighted by Crippen LogP contribution is 2.34. The van der Waals surface area contributed by atoms with Crippen LogP contribution in [-0.4, -0.2) is 15.2 Å². The van der Waals surface area contributed by atoms with Crippen molar-refractivity contribution < 1.29 is 22.3 Å². The van der Waals surface area contributed by atoms with Gasteiger partial charge in [0.15, 0.2) is 11.5 Å². The summed E-state index contributed by atoms with van der Waals surface area (Å²) in [5, 5.41) is 0. The van der Waals surface area contributed by atoms with E-state index in [1.54, 1.807) is 18.2 Å². The van der Waals surface area contributed by atoms with Crippen LogP contribution >= 0.6 is 0 Å². The predicted octanol–water partition coefficient (Wildman–Crippen LogP) is 2.50. The Bertz CT molecular complexity index is 776. The van der Waals surface area contributed by atoms with E-state index in [0.29, 0.717) is 17.2 Å². The second-order valence-electron chi connectivity index (χ2n) is 4.52. The summed E-state index contributed by atoms with van der Waals surface area (Å²) in [6, 6.07) is 10.5. The monoisotopic (exact) mass is 309 g/mol. The Morgan fingerprint density at radius 1 is 1.10 bits per heavy atom. The van der Waals surface area contributed by atoms with Gasteiger partial charge in [0, 0.05) is 11.6 Å². The Kier molecular flexibility index (Phi) is 3.42. The lowest BCUT2D eigenvalue weighted by Crippen LogP contribution is -2.15. The van der Waals surface area contributed by atoms with Crippen LogP contribution < -0.4 is 14.2 Å². The van der Waals surface area contributed by atoms with Crippen LogP contribution in [0.3, 0.4) is 0 Å². The lowest BCUT2D eigenvalue weighted by Gasteiger charge is -2.09. The molecule has 2 aromatic carbocycles. The van der Waals surface area contributed by atoms with E-state index < -0.39 is 21.6 Å². The average Bonchev–Trinajstić information content (AvgIpc) is 2.88. The standard InChI is InChI=1S/C14H12FNO4S/c15-12-4-2-1-3-10(12)8-21(17,18)16-11-5-6-13-14(7-11)20-9-19-13/h1-7,16H,8-9H2. The van der Waals surface area contributed by atoms with E-state index in [-0.39, 0.29) is 12.4 Å². The Balaban J connectivity index is 1.79. The first kappa shape index (κ1) is 13.7. The zero-order valence-corrected chi connectivity index (χ0v) is 11.7. The normalized spacial score (nSPS) is 13.2. The van der Waals surface area contributed by atoms with Crippen LogP contribution in [0, 0.1) is 5.82 Å². The van der Waals surface area contributed by atoms with Gasteiger partial charge in [0.25, 0.3) is 0 Å². The van der Waals surface area contributed by atoms with Crippen molar-refractivity contribution in [1.29, 1.82) is 0 Å². The predicted molar refractivity (Wildman–Crippen MR) is 75.2 cm³/mol. The highest BCUT2D eigenvalue weighted by Gasteiger charge is 2.17. The van der Waals surface area contributed by atoms with Crippen molar-refractivity contribution in [3.8, 4) is 11.5 Å². The maximum atomic E-state index is 13.5. The SMILES string of the molecule is O=S(=O)(Cc1ccccc1F)Nc1ccc2c(c1)OCO2. The third kappa shape index (κ3) is 3.08. The van der Waals surface area contributed by atoms with Gasteiger partial charge in [0.2, 0.25) is 16.8 Å². The molecule has 5 nitrogen and oxygen atoms in total. The molecule has 21 heavy (non-hydrogen) atoms. The van der Waals surface area contributed by atoms with Gasteiger partial charge in [-0.3, -0.25) is 4.72 Å². The van der Waals surface area contributed by atoms with E-state index in [1.165, 1.54) is 24.3 Å². The van der Waals surface area contributed by atoms with Crippen LogP contribution in [0.1, 0.15) is 5.56 Å². The maximum Gasteiger partial charge on any atom is 0.237 e. The summed E-state index contributed by atoms with van der Waals surface area (Å²) >= 11 is 0. The first-order valence-electron chi connectivity index (χ1n) is 6.17. The Hall–Kier alpha value is -2.28. The van der Waals surface area contributed by atoms with Crippen LogP contribution in [0.25, 0.3) is 0 Å². The van der Waals surface area contributed by atoms with Crippen LogP contribution in [0.4, 0.5) is 10.1 Å². The highest BCUT2D eigenvalue weighted by molar-refractivity contribution is 7.91. The van der Waals surface area contributed by atoms with Gasteiger partial charge in [-0.25, -0.2) is 12.8 Å². The molecule has 0 saturated heterocycles. The molecule has 1 aliphatic rings. The molecule has 0 saturated carbocycles. The maximum absolute atomic E-state index is 13.5. The molecule has 0 unspecified atom stereocenters. The number of benzene rings is 2. The molecule has 0 fully saturated rings. The van der Waals surface area contributed by atoms with Crippen LogP contribution in [0.15, 0.2) is 42.5 Å². The first-order valence-corrected chi connectivity index (χ1v) is 7.82. The fraction of sp³-hybridized carbons (Fsp3) is 0.143. The van der Waals surface area contributed by atoms with E-state index >= 15 is 0 Å². The molecule has 1 N–H and O–H groups in total. The molecule has 0 radical (unpaired) electrons. The van der Waals surface area contributed by atoms with E-state index in [1.807, 2.05) is 0 Å². The Morgan fingerprint density at radius 3 is 2.67 bits per heavy atom. The van der Waals surface area contributed by atoms with Crippen LogP contribution in [0.5, 0.6) is 11.5 Å². The summed E-state index contributed by atoms with van der Waals surface area (Å²) in [6.07, 6.45) is 0. The van der Waals surface area contributed by atoms with Gasteiger partial charge in [-0.1, -0.05) is 18.2 Å². The number of hydrogen-bond acceptors (Lipinski definition) is 4. The smallest absolute Gasteiger partial charge is 0.237 e. The zero-order chi connectivity index (χ0) is 14.9. The van der Waals surface area contributed by atoms with Crippen molar-refractivity contribution in [2.75, 3.05) is 11.5 Å². The van der Waals surface area contributed by atoms with Crippen molar-refractivity contribution in [2.24, 2.45) is 0 Å². The molecule has 3 rings (SSSR count). The fourth-order valence-electron chi connectivity index (χ4n) is 2.00. The molecule has 2 aromatic rings. The third-order valence-corrected chi connectivity index (χ3v) is 4.19. The van der Waals surface area contributed by atoms with Crippen LogP contribution in [0.2, 0.25) is 0 Å². The van der Waals surface area contributed by atoms with Gasteiger partial charge in [-0.2, -0.15) is 0 Å². The number of ether oxygens (including phenoxy) is 2. The number of nitrogens with one attached hydrogen (secondary N) is 1. The largest absolute Gasteiger partial charge is 0.454 e. The van der Waals surface area contributed by atoms with E-state index in [0.717, 1.165) is 0 Å².